The first kappa shape index (κ1) is 22.8. The molecule has 1 N–H and O–H groups in total. The van der Waals surface area contributed by atoms with E-state index >= 15 is 0 Å². The van der Waals surface area contributed by atoms with Gasteiger partial charge in [0.05, 0.1) is 5.69 Å². The number of ether oxygens (including phenoxy) is 1. The van der Waals surface area contributed by atoms with E-state index in [-0.39, 0.29) is 5.91 Å². The van der Waals surface area contributed by atoms with Crippen LogP contribution in [0.5, 0.6) is 5.75 Å². The van der Waals surface area contributed by atoms with Crippen molar-refractivity contribution < 1.29 is 9.53 Å². The van der Waals surface area contributed by atoms with Crippen LogP contribution >= 0.6 is 0 Å². The summed E-state index contributed by atoms with van der Waals surface area (Å²) in [4.78, 5) is 14.9. The number of nitrogens with zero attached hydrogens (tertiary/aromatic N) is 3. The van der Waals surface area contributed by atoms with Gasteiger partial charge in [0.25, 0.3) is 5.91 Å². The molecule has 1 aliphatic rings. The molecule has 1 atom stereocenters. The third kappa shape index (κ3) is 6.09. The van der Waals surface area contributed by atoms with Gasteiger partial charge in [0, 0.05) is 24.3 Å². The van der Waals surface area contributed by atoms with Crippen LogP contribution in [0.3, 0.4) is 0 Å². The van der Waals surface area contributed by atoms with Crippen LogP contribution in [-0.4, -0.2) is 35.3 Å². The van der Waals surface area contributed by atoms with E-state index in [1.54, 1.807) is 6.92 Å². The quantitative estimate of drug-likeness (QED) is 0.522. The standard InChI is InChI=1S/C27H32N4O2/c1-3-21-8-14-24(15-9-21)33-20(2)27(32)28-23-12-10-22(11-13-23)25-16-17-26(30-29-25)31-18-6-4-5-7-19-31/h8-17,20H,3-7,18-19H2,1-2H3,(H,28,32). The Morgan fingerprint density at radius 2 is 1.64 bits per heavy atom. The molecule has 1 unspecified atom stereocenters. The minimum atomic E-state index is -0.602. The van der Waals surface area contributed by atoms with Gasteiger partial charge in [-0.15, -0.1) is 10.2 Å². The lowest BCUT2D eigenvalue weighted by Gasteiger charge is -2.20. The van der Waals surface area contributed by atoms with Gasteiger partial charge < -0.3 is 15.0 Å². The maximum Gasteiger partial charge on any atom is 0.265 e. The lowest BCUT2D eigenvalue weighted by molar-refractivity contribution is -0.122. The molecule has 1 fully saturated rings. The molecular weight excluding hydrogens is 412 g/mol. The van der Waals surface area contributed by atoms with Crippen LogP contribution in [0, 0.1) is 0 Å². The number of aromatic nitrogens is 2. The molecule has 33 heavy (non-hydrogen) atoms. The Balaban J connectivity index is 1.34. The van der Waals surface area contributed by atoms with Crippen LogP contribution in [0.15, 0.2) is 60.7 Å². The van der Waals surface area contributed by atoms with Crippen LogP contribution in [0.2, 0.25) is 0 Å². The molecule has 1 amide bonds. The third-order valence-corrected chi connectivity index (χ3v) is 6.04. The Labute approximate surface area is 196 Å². The second-order valence-electron chi connectivity index (χ2n) is 8.50. The van der Waals surface area contributed by atoms with Crippen LogP contribution in [0.4, 0.5) is 11.5 Å². The number of rotatable bonds is 7. The van der Waals surface area contributed by atoms with E-state index in [0.717, 1.165) is 42.3 Å². The predicted molar refractivity (Wildman–Crippen MR) is 133 cm³/mol. The monoisotopic (exact) mass is 444 g/mol. The number of anilines is 2. The van der Waals surface area contributed by atoms with Gasteiger partial charge >= 0.3 is 0 Å². The molecule has 172 valence electrons. The average molecular weight is 445 g/mol. The van der Waals surface area contributed by atoms with Gasteiger partial charge in [0.2, 0.25) is 0 Å². The number of carbonyl (C=O) groups is 1. The maximum absolute atomic E-state index is 12.5. The van der Waals surface area contributed by atoms with Crippen molar-refractivity contribution in [3.63, 3.8) is 0 Å². The Kier molecular flexibility index (Phi) is 7.55. The van der Waals surface area contributed by atoms with E-state index in [9.17, 15) is 4.79 Å². The fraction of sp³-hybridized carbons (Fsp3) is 0.370. The first-order valence-electron chi connectivity index (χ1n) is 11.9. The number of hydrogen-bond donors (Lipinski definition) is 1. The molecule has 3 aromatic rings. The number of benzene rings is 2. The van der Waals surface area contributed by atoms with E-state index in [0.29, 0.717) is 5.75 Å². The van der Waals surface area contributed by atoms with Crippen LogP contribution in [0.1, 0.15) is 45.1 Å². The largest absolute Gasteiger partial charge is 0.481 e. The third-order valence-electron chi connectivity index (χ3n) is 6.04. The molecule has 1 aromatic heterocycles. The molecule has 0 radical (unpaired) electrons. The zero-order chi connectivity index (χ0) is 23.0. The zero-order valence-electron chi connectivity index (χ0n) is 19.5. The van der Waals surface area contributed by atoms with Crippen molar-refractivity contribution in [2.45, 2.75) is 52.1 Å². The lowest BCUT2D eigenvalue weighted by Crippen LogP contribution is -2.30. The summed E-state index contributed by atoms with van der Waals surface area (Å²) < 4.78 is 5.78. The number of hydrogen-bond acceptors (Lipinski definition) is 5. The van der Waals surface area contributed by atoms with Gasteiger partial charge in [0.1, 0.15) is 5.75 Å². The fourth-order valence-corrected chi connectivity index (χ4v) is 3.98. The van der Waals surface area contributed by atoms with Crippen molar-refractivity contribution in [3.05, 3.63) is 66.2 Å². The molecule has 0 saturated carbocycles. The summed E-state index contributed by atoms with van der Waals surface area (Å²) >= 11 is 0. The highest BCUT2D eigenvalue weighted by Gasteiger charge is 2.15. The number of aryl methyl sites for hydroxylation is 1. The lowest BCUT2D eigenvalue weighted by atomic mass is 10.1. The first-order valence-corrected chi connectivity index (χ1v) is 11.9. The highest BCUT2D eigenvalue weighted by molar-refractivity contribution is 5.94. The van der Waals surface area contributed by atoms with Gasteiger partial charge in [-0.3, -0.25) is 4.79 Å². The highest BCUT2D eigenvalue weighted by atomic mass is 16.5. The summed E-state index contributed by atoms with van der Waals surface area (Å²) in [6.07, 6.45) is 5.38. The molecule has 0 bridgehead atoms. The van der Waals surface area contributed by atoms with Gasteiger partial charge in [-0.05, 0) is 68.1 Å². The first-order chi connectivity index (χ1) is 16.1. The molecule has 6 nitrogen and oxygen atoms in total. The van der Waals surface area contributed by atoms with Crippen molar-refractivity contribution in [2.75, 3.05) is 23.3 Å². The van der Waals surface area contributed by atoms with E-state index < -0.39 is 6.10 Å². The molecule has 0 spiro atoms. The summed E-state index contributed by atoms with van der Waals surface area (Å²) in [6, 6.07) is 19.5. The van der Waals surface area contributed by atoms with E-state index in [4.69, 9.17) is 4.74 Å². The van der Waals surface area contributed by atoms with Crippen molar-refractivity contribution in [3.8, 4) is 17.0 Å². The minimum absolute atomic E-state index is 0.191. The molecule has 2 heterocycles. The SMILES string of the molecule is CCc1ccc(OC(C)C(=O)Nc2ccc(-c3ccc(N4CCCCCC4)nn3)cc2)cc1. The Bertz CT molecular complexity index is 1030. The second-order valence-corrected chi connectivity index (χ2v) is 8.50. The molecule has 6 heteroatoms. The van der Waals surface area contributed by atoms with Gasteiger partial charge in [-0.1, -0.05) is 44.0 Å². The normalized spacial score (nSPS) is 14.9. The summed E-state index contributed by atoms with van der Waals surface area (Å²) in [7, 11) is 0. The smallest absolute Gasteiger partial charge is 0.265 e. The Morgan fingerprint density at radius 3 is 2.24 bits per heavy atom. The number of nitrogens with one attached hydrogen (secondary N) is 1. The van der Waals surface area contributed by atoms with Crippen molar-refractivity contribution >= 4 is 17.4 Å². The van der Waals surface area contributed by atoms with E-state index in [1.807, 2.05) is 54.6 Å². The van der Waals surface area contributed by atoms with Gasteiger partial charge in [0.15, 0.2) is 11.9 Å². The van der Waals surface area contributed by atoms with Crippen molar-refractivity contribution in [1.29, 1.82) is 0 Å². The van der Waals surface area contributed by atoms with E-state index in [2.05, 4.69) is 33.4 Å². The van der Waals surface area contributed by atoms with Crippen LogP contribution < -0.4 is 15.0 Å². The molecule has 4 rings (SSSR count). The topological polar surface area (TPSA) is 67.3 Å². The molecule has 2 aromatic carbocycles. The number of amides is 1. The summed E-state index contributed by atoms with van der Waals surface area (Å²) in [5, 5.41) is 11.8. The Hall–Kier alpha value is -3.41. The van der Waals surface area contributed by atoms with Crippen LogP contribution in [-0.2, 0) is 11.2 Å². The minimum Gasteiger partial charge on any atom is -0.481 e. The van der Waals surface area contributed by atoms with Crippen molar-refractivity contribution in [2.24, 2.45) is 0 Å². The van der Waals surface area contributed by atoms with Gasteiger partial charge in [-0.2, -0.15) is 0 Å². The van der Waals surface area contributed by atoms with E-state index in [1.165, 1.54) is 31.2 Å². The van der Waals surface area contributed by atoms with Gasteiger partial charge in [-0.25, -0.2) is 0 Å². The summed E-state index contributed by atoms with van der Waals surface area (Å²) in [6.45, 7) is 5.96. The maximum atomic E-state index is 12.5. The number of carbonyl (C=O) groups excluding carboxylic acids is 1. The molecule has 1 saturated heterocycles. The molecular formula is C27H32N4O2. The fourth-order valence-electron chi connectivity index (χ4n) is 3.98. The summed E-state index contributed by atoms with van der Waals surface area (Å²) in [5.74, 6) is 1.44. The predicted octanol–water partition coefficient (Wildman–Crippen LogP) is 5.49. The Morgan fingerprint density at radius 1 is 0.939 bits per heavy atom. The van der Waals surface area contributed by atoms with Crippen LogP contribution in [0.25, 0.3) is 11.3 Å². The highest BCUT2D eigenvalue weighted by Crippen LogP contribution is 2.22. The average Bonchev–Trinajstić information content (AvgIpc) is 3.15. The second kappa shape index (κ2) is 10.9. The van der Waals surface area contributed by atoms with Crippen molar-refractivity contribution in [1.82, 2.24) is 10.2 Å². The summed E-state index contributed by atoms with van der Waals surface area (Å²) in [5.41, 5.74) is 3.73. The molecule has 1 aliphatic heterocycles. The zero-order valence-corrected chi connectivity index (χ0v) is 19.5. The molecule has 0 aliphatic carbocycles.